The Bertz CT molecular complexity index is 918. The minimum absolute atomic E-state index is 0.0661. The van der Waals surface area contributed by atoms with Crippen LogP contribution in [0.3, 0.4) is 0 Å². The van der Waals surface area contributed by atoms with Crippen molar-refractivity contribution in [1.29, 1.82) is 0 Å². The van der Waals surface area contributed by atoms with Crippen LogP contribution in [0.15, 0.2) is 41.0 Å². The molecule has 158 valence electrons. The van der Waals surface area contributed by atoms with Crippen LogP contribution in [0.5, 0.6) is 11.5 Å². The fraction of sp³-hybridized carbons (Fsp3) is 0.478. The number of hydrogen-bond donors (Lipinski definition) is 0. The van der Waals surface area contributed by atoms with E-state index in [2.05, 4.69) is 0 Å². The van der Waals surface area contributed by atoms with E-state index in [9.17, 15) is 9.59 Å². The Morgan fingerprint density at radius 2 is 1.83 bits per heavy atom. The number of carbonyl (C=O) groups is 2. The minimum atomic E-state index is -0.0661. The molecule has 1 aromatic carbocycles. The van der Waals surface area contributed by atoms with E-state index >= 15 is 0 Å². The lowest BCUT2D eigenvalue weighted by molar-refractivity contribution is -0.145. The molecule has 0 spiro atoms. The van der Waals surface area contributed by atoms with E-state index in [1.54, 1.807) is 11.2 Å². The van der Waals surface area contributed by atoms with Crippen molar-refractivity contribution < 1.29 is 23.5 Å². The Morgan fingerprint density at radius 1 is 1.00 bits per heavy atom. The molecule has 1 aliphatic heterocycles. The standard InChI is InChI=1S/C23H26N2O5/c26-22(14-25(18-7-8-18)23(27)17-3-1-4-17)24(13-19-5-2-10-28-19)12-16-6-9-20-21(11-16)30-15-29-20/h2,5-6,9-11,17-18H,1,3-4,7-8,12-15H2. The van der Waals surface area contributed by atoms with Crippen LogP contribution in [0, 0.1) is 5.92 Å². The third-order valence-corrected chi connectivity index (χ3v) is 6.12. The molecule has 1 aromatic heterocycles. The van der Waals surface area contributed by atoms with Gasteiger partial charge in [-0.05, 0) is 55.5 Å². The normalized spacial score (nSPS) is 17.5. The zero-order chi connectivity index (χ0) is 20.5. The highest BCUT2D eigenvalue weighted by molar-refractivity contribution is 5.86. The van der Waals surface area contributed by atoms with Gasteiger partial charge in [0.1, 0.15) is 12.3 Å². The van der Waals surface area contributed by atoms with Gasteiger partial charge in [0, 0.05) is 18.5 Å². The summed E-state index contributed by atoms with van der Waals surface area (Å²) in [6.45, 7) is 1.11. The van der Waals surface area contributed by atoms with Crippen molar-refractivity contribution >= 4 is 11.8 Å². The van der Waals surface area contributed by atoms with Crippen LogP contribution in [-0.2, 0) is 22.7 Å². The van der Waals surface area contributed by atoms with Crippen LogP contribution in [0.25, 0.3) is 0 Å². The molecule has 0 atom stereocenters. The zero-order valence-electron chi connectivity index (χ0n) is 16.9. The summed E-state index contributed by atoms with van der Waals surface area (Å²) >= 11 is 0. The number of amides is 2. The number of fused-ring (bicyclic) bond motifs is 1. The SMILES string of the molecule is O=C(CN(C(=O)C1CCC1)C1CC1)N(Cc1ccc2c(c1)OCO2)Cc1ccco1. The Labute approximate surface area is 175 Å². The predicted molar refractivity (Wildman–Crippen MR) is 108 cm³/mol. The predicted octanol–water partition coefficient (Wildman–Crippen LogP) is 3.33. The van der Waals surface area contributed by atoms with Gasteiger partial charge in [-0.2, -0.15) is 0 Å². The summed E-state index contributed by atoms with van der Waals surface area (Å²) in [5, 5.41) is 0. The highest BCUT2D eigenvalue weighted by Gasteiger charge is 2.39. The summed E-state index contributed by atoms with van der Waals surface area (Å²) in [6.07, 6.45) is 6.60. The minimum Gasteiger partial charge on any atom is -0.467 e. The quantitative estimate of drug-likeness (QED) is 0.668. The number of rotatable bonds is 8. The van der Waals surface area contributed by atoms with E-state index in [-0.39, 0.29) is 37.1 Å². The van der Waals surface area contributed by atoms with Gasteiger partial charge < -0.3 is 23.7 Å². The summed E-state index contributed by atoms with van der Waals surface area (Å²) in [5.74, 6) is 2.31. The molecule has 7 heteroatoms. The maximum Gasteiger partial charge on any atom is 0.242 e. The van der Waals surface area contributed by atoms with Crippen molar-refractivity contribution in [2.45, 2.75) is 51.2 Å². The van der Waals surface area contributed by atoms with Gasteiger partial charge in [0.25, 0.3) is 0 Å². The average Bonchev–Trinajstić information content (AvgIpc) is 3.20. The molecule has 0 radical (unpaired) electrons. The van der Waals surface area contributed by atoms with Gasteiger partial charge in [0.05, 0.1) is 12.8 Å². The fourth-order valence-electron chi connectivity index (χ4n) is 3.99. The highest BCUT2D eigenvalue weighted by Crippen LogP contribution is 2.35. The van der Waals surface area contributed by atoms with E-state index in [0.29, 0.717) is 30.3 Å². The molecule has 2 aliphatic carbocycles. The lowest BCUT2D eigenvalue weighted by atomic mass is 9.84. The van der Waals surface area contributed by atoms with Gasteiger partial charge in [-0.25, -0.2) is 0 Å². The summed E-state index contributed by atoms with van der Waals surface area (Å²) in [7, 11) is 0. The third kappa shape index (κ3) is 4.01. The first-order valence-electron chi connectivity index (χ1n) is 10.7. The maximum atomic E-state index is 13.3. The van der Waals surface area contributed by atoms with Crippen molar-refractivity contribution in [3.8, 4) is 11.5 Å². The highest BCUT2D eigenvalue weighted by atomic mass is 16.7. The Balaban J connectivity index is 1.32. The first-order chi connectivity index (χ1) is 14.7. The molecule has 2 amide bonds. The zero-order valence-corrected chi connectivity index (χ0v) is 16.9. The van der Waals surface area contributed by atoms with Gasteiger partial charge >= 0.3 is 0 Å². The van der Waals surface area contributed by atoms with Crippen molar-refractivity contribution in [3.05, 3.63) is 47.9 Å². The van der Waals surface area contributed by atoms with Crippen molar-refractivity contribution in [2.24, 2.45) is 5.92 Å². The molecule has 0 saturated heterocycles. The lowest BCUT2D eigenvalue weighted by Crippen LogP contribution is -2.46. The molecule has 0 unspecified atom stereocenters. The van der Waals surface area contributed by atoms with Crippen molar-refractivity contribution in [1.82, 2.24) is 9.80 Å². The van der Waals surface area contributed by atoms with E-state index in [0.717, 1.165) is 37.7 Å². The van der Waals surface area contributed by atoms with Gasteiger partial charge in [0.15, 0.2) is 11.5 Å². The monoisotopic (exact) mass is 410 g/mol. The van der Waals surface area contributed by atoms with Crippen molar-refractivity contribution in [3.63, 3.8) is 0 Å². The summed E-state index contributed by atoms with van der Waals surface area (Å²) in [5.41, 5.74) is 0.947. The molecule has 0 bridgehead atoms. The van der Waals surface area contributed by atoms with E-state index in [1.807, 2.05) is 35.2 Å². The summed E-state index contributed by atoms with van der Waals surface area (Å²) < 4.78 is 16.3. The average molecular weight is 410 g/mol. The van der Waals surface area contributed by atoms with Crippen LogP contribution in [0.4, 0.5) is 0 Å². The molecule has 0 N–H and O–H groups in total. The van der Waals surface area contributed by atoms with E-state index in [1.165, 1.54) is 0 Å². The smallest absolute Gasteiger partial charge is 0.242 e. The molecule has 5 rings (SSSR count). The first kappa shape index (κ1) is 19.0. The topological polar surface area (TPSA) is 72.2 Å². The van der Waals surface area contributed by atoms with Crippen LogP contribution in [0.2, 0.25) is 0 Å². The van der Waals surface area contributed by atoms with Crippen LogP contribution < -0.4 is 9.47 Å². The third-order valence-electron chi connectivity index (χ3n) is 6.12. The molecule has 2 saturated carbocycles. The largest absolute Gasteiger partial charge is 0.467 e. The van der Waals surface area contributed by atoms with Gasteiger partial charge in [-0.15, -0.1) is 0 Å². The van der Waals surface area contributed by atoms with Crippen LogP contribution >= 0.6 is 0 Å². The number of hydrogen-bond acceptors (Lipinski definition) is 5. The maximum absolute atomic E-state index is 13.3. The number of benzene rings is 1. The summed E-state index contributed by atoms with van der Waals surface area (Å²) in [4.78, 5) is 29.8. The van der Waals surface area contributed by atoms with E-state index < -0.39 is 0 Å². The van der Waals surface area contributed by atoms with E-state index in [4.69, 9.17) is 13.9 Å². The molecule has 3 aliphatic rings. The molecule has 2 fully saturated rings. The lowest BCUT2D eigenvalue weighted by Gasteiger charge is -2.33. The molecular weight excluding hydrogens is 384 g/mol. The van der Waals surface area contributed by atoms with Gasteiger partial charge in [-0.3, -0.25) is 9.59 Å². The number of furan rings is 1. The van der Waals surface area contributed by atoms with Crippen LogP contribution in [-0.4, -0.2) is 41.0 Å². The Morgan fingerprint density at radius 3 is 2.53 bits per heavy atom. The second kappa shape index (κ2) is 8.05. The van der Waals surface area contributed by atoms with Crippen molar-refractivity contribution in [2.75, 3.05) is 13.3 Å². The number of ether oxygens (including phenoxy) is 2. The van der Waals surface area contributed by atoms with Gasteiger partial charge in [0.2, 0.25) is 18.6 Å². The number of nitrogens with zero attached hydrogens (tertiary/aromatic N) is 2. The summed E-state index contributed by atoms with van der Waals surface area (Å²) in [6, 6.07) is 9.60. The Hall–Kier alpha value is -2.96. The molecule has 2 aromatic rings. The molecule has 2 heterocycles. The molecule has 7 nitrogen and oxygen atoms in total. The Kier molecular flexibility index (Phi) is 5.11. The number of carbonyl (C=O) groups excluding carboxylic acids is 2. The molecule has 30 heavy (non-hydrogen) atoms. The molecular formula is C23H26N2O5. The first-order valence-corrected chi connectivity index (χ1v) is 10.7. The second-order valence-corrected chi connectivity index (χ2v) is 8.34. The fourth-order valence-corrected chi connectivity index (χ4v) is 3.99. The van der Waals surface area contributed by atoms with Crippen LogP contribution in [0.1, 0.15) is 43.4 Å². The van der Waals surface area contributed by atoms with Gasteiger partial charge in [-0.1, -0.05) is 12.5 Å². The second-order valence-electron chi connectivity index (χ2n) is 8.34.